The summed E-state index contributed by atoms with van der Waals surface area (Å²) in [6, 6.07) is 2.05. The monoisotopic (exact) mass is 509 g/mol. The number of hydrogen-bond acceptors (Lipinski definition) is 8. The Balaban J connectivity index is 2.99. The number of carboxylic acids is 3. The van der Waals surface area contributed by atoms with E-state index in [9.17, 15) is 33.6 Å². The maximum atomic E-state index is 12.7. The zero-order chi connectivity index (χ0) is 27.4. The molecule has 0 saturated carbocycles. The number of nitrogens with two attached hydrogens (primary N) is 2. The molecule has 196 valence electrons. The van der Waals surface area contributed by atoms with Crippen LogP contribution >= 0.6 is 0 Å². The number of hydrogen-bond donors (Lipinski definition) is 8. The maximum absolute atomic E-state index is 12.7. The second-order valence-corrected chi connectivity index (χ2v) is 7.68. The van der Waals surface area contributed by atoms with Crippen LogP contribution in [0.15, 0.2) is 30.3 Å². The molecule has 0 radical (unpaired) electrons. The van der Waals surface area contributed by atoms with Crippen molar-refractivity contribution in [2.45, 2.75) is 49.9 Å². The van der Waals surface area contributed by atoms with Crippen molar-refractivity contribution in [3.8, 4) is 0 Å². The van der Waals surface area contributed by atoms with Crippen LogP contribution in [0.5, 0.6) is 0 Å². The molecule has 0 heterocycles. The summed E-state index contributed by atoms with van der Waals surface area (Å²) in [7, 11) is 0. The van der Waals surface area contributed by atoms with E-state index in [0.717, 1.165) is 0 Å². The minimum atomic E-state index is -1.92. The van der Waals surface area contributed by atoms with Gasteiger partial charge in [-0.1, -0.05) is 30.3 Å². The number of carbonyl (C=O) groups is 7. The summed E-state index contributed by atoms with van der Waals surface area (Å²) in [6.45, 7) is 0. The van der Waals surface area contributed by atoms with E-state index in [0.29, 0.717) is 5.56 Å². The summed E-state index contributed by atoms with van der Waals surface area (Å²) in [4.78, 5) is 82.3. The van der Waals surface area contributed by atoms with Crippen molar-refractivity contribution in [1.82, 2.24) is 16.0 Å². The second-order valence-electron chi connectivity index (χ2n) is 7.68. The molecule has 1 aromatic carbocycles. The zero-order valence-electron chi connectivity index (χ0n) is 18.9. The summed E-state index contributed by atoms with van der Waals surface area (Å²) in [6.07, 6.45) is -2.69. The number of nitrogens with one attached hydrogen (secondary N) is 3. The summed E-state index contributed by atoms with van der Waals surface area (Å²) < 4.78 is 0. The molecular weight excluding hydrogens is 482 g/mol. The molecule has 0 bridgehead atoms. The lowest BCUT2D eigenvalue weighted by Gasteiger charge is -2.24. The molecule has 15 heteroatoms. The van der Waals surface area contributed by atoms with Gasteiger partial charge in [-0.05, 0) is 12.0 Å². The van der Waals surface area contributed by atoms with E-state index in [4.69, 9.17) is 26.8 Å². The summed E-state index contributed by atoms with van der Waals surface area (Å²) in [5.41, 5.74) is 11.7. The van der Waals surface area contributed by atoms with Crippen molar-refractivity contribution in [1.29, 1.82) is 0 Å². The first-order chi connectivity index (χ1) is 16.8. The molecule has 1 rings (SSSR count). The molecule has 36 heavy (non-hydrogen) atoms. The first-order valence-electron chi connectivity index (χ1n) is 10.5. The third kappa shape index (κ3) is 10.6. The quantitative estimate of drug-likeness (QED) is 0.117. The third-order valence-corrected chi connectivity index (χ3v) is 4.68. The van der Waals surface area contributed by atoms with Crippen molar-refractivity contribution in [2.24, 2.45) is 11.5 Å². The molecule has 0 saturated heterocycles. The van der Waals surface area contributed by atoms with Crippen LogP contribution in [0.2, 0.25) is 0 Å². The number of amides is 4. The van der Waals surface area contributed by atoms with Gasteiger partial charge in [0.25, 0.3) is 0 Å². The molecule has 4 amide bonds. The van der Waals surface area contributed by atoms with Gasteiger partial charge in [0.1, 0.15) is 18.1 Å². The van der Waals surface area contributed by atoms with Gasteiger partial charge in [0.05, 0.1) is 25.3 Å². The van der Waals surface area contributed by atoms with E-state index in [1.54, 1.807) is 30.3 Å². The Labute approximate surface area is 204 Å². The second kappa shape index (κ2) is 14.0. The Morgan fingerprint density at radius 2 is 1.14 bits per heavy atom. The summed E-state index contributed by atoms with van der Waals surface area (Å²) in [5.74, 6) is -9.19. The maximum Gasteiger partial charge on any atom is 0.326 e. The molecule has 0 aliphatic rings. The van der Waals surface area contributed by atoms with Crippen LogP contribution < -0.4 is 27.4 Å². The minimum Gasteiger partial charge on any atom is -0.481 e. The van der Waals surface area contributed by atoms with E-state index in [1.165, 1.54) is 0 Å². The number of rotatable bonds is 15. The largest absolute Gasteiger partial charge is 0.481 e. The lowest BCUT2D eigenvalue weighted by molar-refractivity contribution is -0.148. The third-order valence-electron chi connectivity index (χ3n) is 4.68. The smallest absolute Gasteiger partial charge is 0.326 e. The van der Waals surface area contributed by atoms with Gasteiger partial charge in [-0.15, -0.1) is 0 Å². The van der Waals surface area contributed by atoms with Gasteiger partial charge in [-0.3, -0.25) is 28.8 Å². The molecule has 0 aliphatic carbocycles. The SMILES string of the molecule is NC(=O)CC(NC(=O)C(N)Cc1ccccc1)C(=O)NC(CC(=O)O)C(=O)NC(CC(=O)O)C(=O)O. The summed E-state index contributed by atoms with van der Waals surface area (Å²) in [5, 5.41) is 33.0. The van der Waals surface area contributed by atoms with E-state index in [-0.39, 0.29) is 6.42 Å². The lowest BCUT2D eigenvalue weighted by Crippen LogP contribution is -2.58. The van der Waals surface area contributed by atoms with Crippen LogP contribution in [0.25, 0.3) is 0 Å². The van der Waals surface area contributed by atoms with Gasteiger partial charge < -0.3 is 42.7 Å². The number of primary amides is 1. The fourth-order valence-electron chi connectivity index (χ4n) is 2.95. The highest BCUT2D eigenvalue weighted by Crippen LogP contribution is 2.04. The highest BCUT2D eigenvalue weighted by Gasteiger charge is 2.33. The molecule has 0 aromatic heterocycles. The predicted molar refractivity (Wildman–Crippen MR) is 120 cm³/mol. The number of aliphatic carboxylic acids is 3. The normalized spacial score (nSPS) is 13.8. The van der Waals surface area contributed by atoms with Gasteiger partial charge in [0.2, 0.25) is 23.6 Å². The van der Waals surface area contributed by atoms with Crippen LogP contribution in [0.4, 0.5) is 0 Å². The standard InChI is InChI=1S/C21H27N5O10/c22-11(6-10-4-2-1-3-5-10)18(32)24-12(7-15(23)27)19(33)25-13(8-16(28)29)20(34)26-14(21(35)36)9-17(30)31/h1-5,11-14H,6-9,22H2,(H2,23,27)(H,24,32)(H,25,33)(H,26,34)(H,28,29)(H,30,31)(H,35,36). The van der Waals surface area contributed by atoms with Crippen LogP contribution in [0.1, 0.15) is 24.8 Å². The molecule has 0 spiro atoms. The fraction of sp³-hybridized carbons (Fsp3) is 0.381. The van der Waals surface area contributed by atoms with Crippen molar-refractivity contribution >= 4 is 41.5 Å². The van der Waals surface area contributed by atoms with E-state index in [1.807, 2.05) is 10.6 Å². The molecule has 0 aliphatic heterocycles. The number of carbonyl (C=O) groups excluding carboxylic acids is 4. The molecule has 1 aromatic rings. The van der Waals surface area contributed by atoms with Crippen molar-refractivity contribution in [3.05, 3.63) is 35.9 Å². The van der Waals surface area contributed by atoms with Gasteiger partial charge >= 0.3 is 17.9 Å². The molecular formula is C21H27N5O10. The Bertz CT molecular complexity index is 1000. The Morgan fingerprint density at radius 1 is 0.694 bits per heavy atom. The average molecular weight is 509 g/mol. The zero-order valence-corrected chi connectivity index (χ0v) is 18.9. The molecule has 15 nitrogen and oxygen atoms in total. The Morgan fingerprint density at radius 3 is 1.61 bits per heavy atom. The number of carboxylic acid groups (broad SMARTS) is 3. The first kappa shape index (κ1) is 29.5. The Hall–Kier alpha value is -4.53. The van der Waals surface area contributed by atoms with E-state index >= 15 is 0 Å². The molecule has 4 atom stereocenters. The lowest BCUT2D eigenvalue weighted by atomic mass is 10.0. The van der Waals surface area contributed by atoms with Gasteiger partial charge in [0, 0.05) is 0 Å². The number of benzene rings is 1. The van der Waals surface area contributed by atoms with Crippen LogP contribution in [0, 0.1) is 0 Å². The van der Waals surface area contributed by atoms with Gasteiger partial charge in [-0.25, -0.2) is 4.79 Å². The van der Waals surface area contributed by atoms with Crippen molar-refractivity contribution in [3.63, 3.8) is 0 Å². The minimum absolute atomic E-state index is 0.0851. The molecule has 4 unspecified atom stereocenters. The fourth-order valence-corrected chi connectivity index (χ4v) is 2.95. The van der Waals surface area contributed by atoms with Gasteiger partial charge in [0.15, 0.2) is 0 Å². The van der Waals surface area contributed by atoms with Crippen molar-refractivity contribution in [2.75, 3.05) is 0 Å². The highest BCUT2D eigenvalue weighted by atomic mass is 16.4. The van der Waals surface area contributed by atoms with Crippen LogP contribution in [-0.2, 0) is 40.0 Å². The highest BCUT2D eigenvalue weighted by molar-refractivity contribution is 5.97. The average Bonchev–Trinajstić information content (AvgIpc) is 2.77. The molecule has 10 N–H and O–H groups in total. The van der Waals surface area contributed by atoms with Crippen molar-refractivity contribution < 1.29 is 48.9 Å². The predicted octanol–water partition coefficient (Wildman–Crippen LogP) is -3.08. The van der Waals surface area contributed by atoms with Crippen LogP contribution in [-0.4, -0.2) is 81.0 Å². The van der Waals surface area contributed by atoms with E-state index < -0.39 is 85.0 Å². The first-order valence-corrected chi connectivity index (χ1v) is 10.5. The topological polar surface area (TPSA) is 268 Å². The van der Waals surface area contributed by atoms with Gasteiger partial charge in [-0.2, -0.15) is 0 Å². The molecule has 0 fully saturated rings. The van der Waals surface area contributed by atoms with Crippen LogP contribution in [0.3, 0.4) is 0 Å². The Kier molecular flexibility index (Phi) is 11.5. The summed E-state index contributed by atoms with van der Waals surface area (Å²) >= 11 is 0. The van der Waals surface area contributed by atoms with E-state index in [2.05, 4.69) is 5.32 Å².